The molecule has 0 N–H and O–H groups in total. The van der Waals surface area contributed by atoms with Crippen molar-refractivity contribution in [3.05, 3.63) is 33.4 Å². The second-order valence-corrected chi connectivity index (χ2v) is 5.52. The van der Waals surface area contributed by atoms with E-state index in [1.54, 1.807) is 4.40 Å². The molecule has 0 radical (unpaired) electrons. The Bertz CT molecular complexity index is 699. The van der Waals surface area contributed by atoms with Crippen LogP contribution in [-0.4, -0.2) is 27.5 Å². The van der Waals surface area contributed by atoms with Crippen molar-refractivity contribution in [2.45, 2.75) is 47.5 Å². The molecule has 0 aromatic carbocycles. The van der Waals surface area contributed by atoms with Crippen LogP contribution in [0, 0.1) is 20.8 Å². The average Bonchev–Trinajstić information content (AvgIpc) is 2.44. The van der Waals surface area contributed by atoms with Crippen molar-refractivity contribution in [1.29, 1.82) is 0 Å². The summed E-state index contributed by atoms with van der Waals surface area (Å²) in [5.41, 5.74) is 3.61. The molecule has 0 aliphatic carbocycles. The SMILES string of the molecule is CCCN(CCC)c1nc(=O)n2c(C)c(C)c(C)cc2n1. The highest BCUT2D eigenvalue weighted by atomic mass is 16.1. The van der Waals surface area contributed by atoms with Crippen LogP contribution in [0.15, 0.2) is 10.9 Å². The summed E-state index contributed by atoms with van der Waals surface area (Å²) >= 11 is 0. The molecule has 5 nitrogen and oxygen atoms in total. The lowest BCUT2D eigenvalue weighted by Crippen LogP contribution is -2.31. The fraction of sp³-hybridized carbons (Fsp3) is 0.562. The maximum absolute atomic E-state index is 12.4. The first-order valence-corrected chi connectivity index (χ1v) is 7.62. The number of nitrogens with zero attached hydrogens (tertiary/aromatic N) is 4. The summed E-state index contributed by atoms with van der Waals surface area (Å²) in [5.74, 6) is 0.548. The van der Waals surface area contributed by atoms with Crippen molar-refractivity contribution in [3.8, 4) is 0 Å². The van der Waals surface area contributed by atoms with Gasteiger partial charge in [0.2, 0.25) is 5.95 Å². The maximum Gasteiger partial charge on any atom is 0.356 e. The summed E-state index contributed by atoms with van der Waals surface area (Å²) in [6.07, 6.45) is 2.02. The normalized spacial score (nSPS) is 11.1. The van der Waals surface area contributed by atoms with E-state index in [1.807, 2.05) is 26.8 Å². The van der Waals surface area contributed by atoms with Crippen LogP contribution in [0.25, 0.3) is 5.65 Å². The topological polar surface area (TPSA) is 50.5 Å². The zero-order valence-electron chi connectivity index (χ0n) is 13.6. The quantitative estimate of drug-likeness (QED) is 0.848. The molecule has 114 valence electrons. The fourth-order valence-electron chi connectivity index (χ4n) is 2.57. The van der Waals surface area contributed by atoms with Crippen molar-refractivity contribution >= 4 is 11.6 Å². The molecule has 0 aliphatic heterocycles. The van der Waals surface area contributed by atoms with Crippen molar-refractivity contribution in [2.24, 2.45) is 0 Å². The minimum atomic E-state index is -0.243. The van der Waals surface area contributed by atoms with Crippen LogP contribution in [-0.2, 0) is 0 Å². The van der Waals surface area contributed by atoms with E-state index in [1.165, 1.54) is 0 Å². The van der Waals surface area contributed by atoms with E-state index < -0.39 is 0 Å². The molecule has 2 aromatic rings. The molecule has 2 rings (SSSR count). The maximum atomic E-state index is 12.4. The van der Waals surface area contributed by atoms with Gasteiger partial charge in [0.25, 0.3) is 0 Å². The summed E-state index contributed by atoms with van der Waals surface area (Å²) in [4.78, 5) is 23.3. The Hall–Kier alpha value is -1.91. The minimum Gasteiger partial charge on any atom is -0.341 e. The molecule has 0 unspecified atom stereocenters. The van der Waals surface area contributed by atoms with Crippen LogP contribution in [0.2, 0.25) is 0 Å². The predicted molar refractivity (Wildman–Crippen MR) is 86.3 cm³/mol. The zero-order valence-corrected chi connectivity index (χ0v) is 13.6. The summed E-state index contributed by atoms with van der Waals surface area (Å²) in [5, 5.41) is 0. The lowest BCUT2D eigenvalue weighted by molar-refractivity contribution is 0.712. The highest BCUT2D eigenvalue weighted by Crippen LogP contribution is 2.15. The Morgan fingerprint density at radius 3 is 2.29 bits per heavy atom. The Morgan fingerprint density at radius 1 is 1.10 bits per heavy atom. The lowest BCUT2D eigenvalue weighted by atomic mass is 10.1. The van der Waals surface area contributed by atoms with E-state index in [0.29, 0.717) is 11.6 Å². The Kier molecular flexibility index (Phi) is 4.60. The van der Waals surface area contributed by atoms with Gasteiger partial charge in [-0.2, -0.15) is 9.97 Å². The molecule has 0 amide bonds. The molecular weight excluding hydrogens is 264 g/mol. The van der Waals surface area contributed by atoms with E-state index in [2.05, 4.69) is 28.7 Å². The third-order valence-electron chi connectivity index (χ3n) is 3.92. The zero-order chi connectivity index (χ0) is 15.6. The van der Waals surface area contributed by atoms with Gasteiger partial charge in [0.05, 0.1) is 0 Å². The average molecular weight is 288 g/mol. The Labute approximate surface area is 125 Å². The first kappa shape index (κ1) is 15.5. The van der Waals surface area contributed by atoms with Gasteiger partial charge in [0.1, 0.15) is 5.65 Å². The first-order valence-electron chi connectivity index (χ1n) is 7.62. The molecular formula is C16H24N4O. The molecule has 0 spiro atoms. The van der Waals surface area contributed by atoms with Crippen LogP contribution in [0.1, 0.15) is 43.5 Å². The molecule has 0 bridgehead atoms. The molecule has 2 aromatic heterocycles. The van der Waals surface area contributed by atoms with Crippen molar-refractivity contribution in [3.63, 3.8) is 0 Å². The van der Waals surface area contributed by atoms with Gasteiger partial charge in [-0.1, -0.05) is 13.8 Å². The number of aromatic nitrogens is 3. The van der Waals surface area contributed by atoms with Crippen LogP contribution >= 0.6 is 0 Å². The van der Waals surface area contributed by atoms with Gasteiger partial charge in [-0.15, -0.1) is 0 Å². The Morgan fingerprint density at radius 2 is 1.71 bits per heavy atom. The number of anilines is 1. The van der Waals surface area contributed by atoms with Gasteiger partial charge in [-0.05, 0) is 50.8 Å². The molecule has 0 fully saturated rings. The summed E-state index contributed by atoms with van der Waals surface area (Å²) in [6.45, 7) is 12.0. The largest absolute Gasteiger partial charge is 0.356 e. The minimum absolute atomic E-state index is 0.243. The molecule has 2 heterocycles. The van der Waals surface area contributed by atoms with Gasteiger partial charge in [-0.3, -0.25) is 0 Å². The highest BCUT2D eigenvalue weighted by Gasteiger charge is 2.13. The van der Waals surface area contributed by atoms with Crippen LogP contribution in [0.5, 0.6) is 0 Å². The van der Waals surface area contributed by atoms with Gasteiger partial charge in [0.15, 0.2) is 0 Å². The summed E-state index contributed by atoms with van der Waals surface area (Å²) < 4.78 is 1.60. The van der Waals surface area contributed by atoms with Crippen molar-refractivity contribution < 1.29 is 0 Å². The first-order chi connectivity index (χ1) is 9.99. The number of aryl methyl sites for hydroxylation is 2. The lowest BCUT2D eigenvalue weighted by Gasteiger charge is -2.21. The van der Waals surface area contributed by atoms with E-state index in [4.69, 9.17) is 0 Å². The van der Waals surface area contributed by atoms with Crippen molar-refractivity contribution in [2.75, 3.05) is 18.0 Å². The number of fused-ring (bicyclic) bond motifs is 1. The summed E-state index contributed by atoms with van der Waals surface area (Å²) in [6, 6.07) is 1.96. The second kappa shape index (κ2) is 6.24. The summed E-state index contributed by atoms with van der Waals surface area (Å²) in [7, 11) is 0. The van der Waals surface area contributed by atoms with E-state index in [0.717, 1.165) is 42.8 Å². The molecule has 0 atom stereocenters. The third kappa shape index (κ3) is 2.91. The van der Waals surface area contributed by atoms with Gasteiger partial charge >= 0.3 is 5.69 Å². The number of pyridine rings is 1. The van der Waals surface area contributed by atoms with Gasteiger partial charge in [-0.25, -0.2) is 9.20 Å². The van der Waals surface area contributed by atoms with E-state index in [9.17, 15) is 4.79 Å². The third-order valence-corrected chi connectivity index (χ3v) is 3.92. The molecule has 21 heavy (non-hydrogen) atoms. The van der Waals surface area contributed by atoms with Gasteiger partial charge < -0.3 is 4.90 Å². The van der Waals surface area contributed by atoms with Crippen LogP contribution < -0.4 is 10.6 Å². The monoisotopic (exact) mass is 288 g/mol. The van der Waals surface area contributed by atoms with Crippen LogP contribution in [0.3, 0.4) is 0 Å². The number of hydrogen-bond acceptors (Lipinski definition) is 4. The van der Waals surface area contributed by atoms with Gasteiger partial charge in [0, 0.05) is 18.8 Å². The molecule has 0 saturated heterocycles. The highest BCUT2D eigenvalue weighted by molar-refractivity contribution is 5.49. The van der Waals surface area contributed by atoms with Crippen molar-refractivity contribution in [1.82, 2.24) is 14.4 Å². The fourth-order valence-corrected chi connectivity index (χ4v) is 2.57. The Balaban J connectivity index is 2.64. The smallest absolute Gasteiger partial charge is 0.341 e. The molecule has 5 heteroatoms. The second-order valence-electron chi connectivity index (χ2n) is 5.52. The molecule has 0 aliphatic rings. The number of hydrogen-bond donors (Lipinski definition) is 0. The molecule has 0 saturated carbocycles. The standard InChI is InChI=1S/C16H24N4O/c1-6-8-19(9-7-2)15-17-14-10-11(3)12(4)13(5)20(14)16(21)18-15/h10H,6-9H2,1-5H3. The van der Waals surface area contributed by atoms with E-state index in [-0.39, 0.29) is 5.69 Å². The van der Waals surface area contributed by atoms with Crippen LogP contribution in [0.4, 0.5) is 5.95 Å². The van der Waals surface area contributed by atoms with E-state index >= 15 is 0 Å². The number of rotatable bonds is 5. The predicted octanol–water partition coefficient (Wildman–Crippen LogP) is 2.64.